The zero-order valence-electron chi connectivity index (χ0n) is 81.9. The summed E-state index contributed by atoms with van der Waals surface area (Å²) in [4.78, 5) is 14.1. The van der Waals surface area contributed by atoms with Crippen LogP contribution in [0.1, 0.15) is 96.6 Å². The van der Waals surface area contributed by atoms with Crippen LogP contribution in [0.25, 0.3) is 111 Å². The number of benzene rings is 10. The number of nitrogens with one attached hydrogen (secondary N) is 7. The number of amides is 1. The van der Waals surface area contributed by atoms with Crippen LogP contribution in [0.4, 0.5) is 37.6 Å². The van der Waals surface area contributed by atoms with E-state index in [1.165, 1.54) is 7.05 Å². The third kappa shape index (κ3) is 25.2. The van der Waals surface area contributed by atoms with E-state index in [0.717, 1.165) is 156 Å². The molecule has 16 rings (SSSR count). The number of aryl methyl sites for hydroxylation is 5. The third-order valence-electron chi connectivity index (χ3n) is 23.4. The fraction of sp³-hybridized carbons (Fsp3) is 0.283. The van der Waals surface area contributed by atoms with Crippen molar-refractivity contribution in [2.45, 2.75) is 108 Å². The summed E-state index contributed by atoms with van der Waals surface area (Å²) in [6.45, 7) is 25.7. The summed E-state index contributed by atoms with van der Waals surface area (Å²) >= 11 is 0. The predicted octanol–water partition coefficient (Wildman–Crippen LogP) is 19.4. The summed E-state index contributed by atoms with van der Waals surface area (Å²) in [6, 6.07) is 75.6. The van der Waals surface area contributed by atoms with E-state index in [2.05, 4.69) is 85.0 Å². The number of halogens is 1. The molecule has 0 unspecified atom stereocenters. The molecule has 10 aromatic carbocycles. The van der Waals surface area contributed by atoms with Crippen molar-refractivity contribution >= 4 is 120 Å². The van der Waals surface area contributed by atoms with Crippen molar-refractivity contribution in [3.8, 4) is 115 Å². The number of alkyl halides is 1. The molecule has 1 saturated heterocycles. The number of ether oxygens (including phenoxy) is 7. The number of nitriles is 5. The first-order valence-electron chi connectivity index (χ1n) is 46.6. The van der Waals surface area contributed by atoms with E-state index < -0.39 is 43.4 Å². The molecule has 0 atom stereocenters. The van der Waals surface area contributed by atoms with Crippen molar-refractivity contribution in [3.05, 3.63) is 240 Å². The second-order valence-electron chi connectivity index (χ2n) is 32.7. The van der Waals surface area contributed by atoms with Gasteiger partial charge in [-0.25, -0.2) is 13.9 Å². The summed E-state index contributed by atoms with van der Waals surface area (Å²) in [5, 5.41) is 56.1. The molecule has 0 spiro atoms. The second kappa shape index (κ2) is 49.0. The minimum atomic E-state index is -3.69. The molecule has 0 radical (unpaired) electrons. The molecule has 744 valence electrons. The minimum absolute atomic E-state index is 0.0221. The molecule has 5 aromatic heterocycles. The Morgan fingerprint density at radius 2 is 0.762 bits per heavy atom. The Balaban J connectivity index is 0.000000160. The SMILES string of the molecule is CCNS(=O)(=O)Nc1cccc(-c2c(C#N)c3ccc(OC)cc3n2CC)c1.CCOC(=O)Nc1ccc(-c2c(C#N)c3ccc(OCCCN4CCOCC4)cc3n2CC)cc1.CCn1c(-c2ccc(N)cc2)c(C#N)c2ccc(OCCF)cc21.CCn1c(-c2cccc(NS(=O)(=O)NC(C)C)c2)c(C#N)c2ccc(OC)cc21.CCn1c(-c2cccc(NS(=O)(=O)NC)c2)c(C#N)c2ccc(OC)cc21. The van der Waals surface area contributed by atoms with Crippen molar-refractivity contribution in [1.82, 2.24) is 41.9 Å². The predicted molar refractivity (Wildman–Crippen MR) is 561 cm³/mol. The van der Waals surface area contributed by atoms with Gasteiger partial charge in [0.15, 0.2) is 0 Å². The summed E-state index contributed by atoms with van der Waals surface area (Å²) in [6.07, 6.45) is 0.464. The van der Waals surface area contributed by atoms with Gasteiger partial charge in [0.1, 0.15) is 72.4 Å². The molecule has 6 heterocycles. The number of nitrogens with two attached hydrogens (primary N) is 1. The molecule has 1 aliphatic heterocycles. The maximum absolute atomic E-state index is 12.3. The average molecular weight is 2000 g/mol. The first-order chi connectivity index (χ1) is 69.0. The molecular formula is C106H116FN19O14S3. The van der Waals surface area contributed by atoms with Gasteiger partial charge in [0, 0.05) is 157 Å². The summed E-state index contributed by atoms with van der Waals surface area (Å²) < 4.78 is 147. The summed E-state index contributed by atoms with van der Waals surface area (Å²) in [7, 11) is -4.80. The number of methoxy groups -OCH3 is 3. The number of morpholine rings is 1. The maximum Gasteiger partial charge on any atom is 0.411 e. The van der Waals surface area contributed by atoms with Crippen LogP contribution in [-0.4, -0.2) is 159 Å². The van der Waals surface area contributed by atoms with Crippen molar-refractivity contribution in [3.63, 3.8) is 0 Å². The van der Waals surface area contributed by atoms with Crippen LogP contribution in [0.15, 0.2) is 212 Å². The lowest BCUT2D eigenvalue weighted by Crippen LogP contribution is -2.37. The van der Waals surface area contributed by atoms with Gasteiger partial charge in [-0.2, -0.15) is 61.0 Å². The average Bonchev–Trinajstić information content (AvgIpc) is 1.62. The van der Waals surface area contributed by atoms with Gasteiger partial charge in [0.25, 0.3) is 30.6 Å². The maximum atomic E-state index is 12.3. The second-order valence-corrected chi connectivity index (χ2v) is 37.2. The molecule has 0 bridgehead atoms. The molecule has 1 fully saturated rings. The van der Waals surface area contributed by atoms with Crippen molar-refractivity contribution in [2.24, 2.45) is 0 Å². The number of carbonyl (C=O) groups is 1. The highest BCUT2D eigenvalue weighted by molar-refractivity contribution is 7.91. The monoisotopic (exact) mass is 1990 g/mol. The summed E-state index contributed by atoms with van der Waals surface area (Å²) in [5.74, 6) is 3.53. The Bertz CT molecular complexity index is 7690. The molecule has 33 nitrogen and oxygen atoms in total. The van der Waals surface area contributed by atoms with Gasteiger partial charge in [-0.3, -0.25) is 24.4 Å². The van der Waals surface area contributed by atoms with Crippen molar-refractivity contribution < 1.29 is 67.6 Å². The van der Waals surface area contributed by atoms with E-state index in [4.69, 9.17) is 38.9 Å². The molecule has 1 aliphatic rings. The lowest BCUT2D eigenvalue weighted by atomic mass is 10.1. The van der Waals surface area contributed by atoms with Gasteiger partial charge < -0.3 is 61.7 Å². The summed E-state index contributed by atoms with van der Waals surface area (Å²) in [5.41, 5.74) is 23.8. The van der Waals surface area contributed by atoms with Gasteiger partial charge in [0.05, 0.1) is 149 Å². The highest BCUT2D eigenvalue weighted by Crippen LogP contribution is 2.43. The molecule has 143 heavy (non-hydrogen) atoms. The van der Waals surface area contributed by atoms with Gasteiger partial charge in [-0.05, 0) is 194 Å². The van der Waals surface area contributed by atoms with Gasteiger partial charge >= 0.3 is 6.09 Å². The normalized spacial score (nSPS) is 11.9. The number of anilines is 5. The first-order valence-corrected chi connectivity index (χ1v) is 51.0. The van der Waals surface area contributed by atoms with Crippen LogP contribution in [0.2, 0.25) is 0 Å². The number of rotatable bonds is 34. The molecule has 37 heteroatoms. The van der Waals surface area contributed by atoms with E-state index in [1.54, 1.807) is 110 Å². The number of carbonyl (C=O) groups excluding carboxylic acids is 1. The van der Waals surface area contributed by atoms with Gasteiger partial charge in [-0.1, -0.05) is 67.6 Å². The molecule has 9 N–H and O–H groups in total. The van der Waals surface area contributed by atoms with E-state index in [9.17, 15) is 60.7 Å². The van der Waals surface area contributed by atoms with Crippen molar-refractivity contribution in [2.75, 3.05) is 119 Å². The molecule has 1 amide bonds. The smallest absolute Gasteiger partial charge is 0.411 e. The number of hydrogen-bond acceptors (Lipinski definition) is 21. The third-order valence-corrected chi connectivity index (χ3v) is 26.9. The number of nitrogens with zero attached hydrogens (tertiary/aromatic N) is 11. The van der Waals surface area contributed by atoms with E-state index in [1.807, 2.05) is 193 Å². The van der Waals surface area contributed by atoms with Gasteiger partial charge in [0.2, 0.25) is 0 Å². The van der Waals surface area contributed by atoms with Crippen LogP contribution in [0, 0.1) is 56.7 Å². The number of nitrogen functional groups attached to an aromatic ring is 1. The molecule has 15 aromatic rings. The lowest BCUT2D eigenvalue weighted by Gasteiger charge is -2.26. The van der Waals surface area contributed by atoms with E-state index >= 15 is 0 Å². The van der Waals surface area contributed by atoms with Crippen LogP contribution in [-0.2, 0) is 72.8 Å². The number of hydrogen-bond donors (Lipinski definition) is 8. The highest BCUT2D eigenvalue weighted by atomic mass is 32.2. The minimum Gasteiger partial charge on any atom is -0.497 e. The van der Waals surface area contributed by atoms with Crippen LogP contribution >= 0.6 is 0 Å². The Morgan fingerprint density at radius 1 is 0.427 bits per heavy atom. The largest absolute Gasteiger partial charge is 0.497 e. The highest BCUT2D eigenvalue weighted by Gasteiger charge is 2.27. The Morgan fingerprint density at radius 3 is 1.09 bits per heavy atom. The topological polar surface area (TPSA) is 441 Å². The first kappa shape index (κ1) is 106. The zero-order chi connectivity index (χ0) is 103. The van der Waals surface area contributed by atoms with Crippen molar-refractivity contribution in [1.29, 1.82) is 26.3 Å². The quantitative estimate of drug-likeness (QED) is 0.0137. The molecule has 0 saturated carbocycles. The van der Waals surface area contributed by atoms with Crippen LogP contribution < -0.4 is 63.1 Å². The number of aromatic nitrogens is 5. The van der Waals surface area contributed by atoms with Crippen LogP contribution in [0.3, 0.4) is 0 Å². The van der Waals surface area contributed by atoms with Crippen LogP contribution in [0.5, 0.6) is 28.7 Å². The Hall–Kier alpha value is -15.6. The lowest BCUT2D eigenvalue weighted by molar-refractivity contribution is 0.0358. The fourth-order valence-electron chi connectivity index (χ4n) is 17.3. The number of fused-ring (bicyclic) bond motifs is 5. The Labute approximate surface area is 832 Å². The van der Waals surface area contributed by atoms with Gasteiger partial charge in [-0.15, -0.1) is 0 Å². The zero-order valence-corrected chi connectivity index (χ0v) is 84.4. The fourth-order valence-corrected chi connectivity index (χ4v) is 19.8. The Kier molecular flexibility index (Phi) is 36.4. The molecular weight excluding hydrogens is 1880 g/mol. The standard InChI is InChI=1S/C27H32N4O4.C21H24N4O3S.C20H22N4O3S.C19H18FN3O.C19H20N4O3S/c1-3-31-25-18-22(35-15-5-12-30-13-16-33-17-14-30)10-11-23(25)24(19-28)26(31)20-6-8-21(9-7-20)29-27(32)34-4-2;1-5-25-20-12-17(28-4)9-10-18(20)19(13-22)21(25)15-7-6-8-16(11-15)24-29(26,27)23-14(2)3;1-4-22-28(25,26)23-15-8-6-7-14(11-15)20-18(13-21)17-10-9-16(27-3)12-19(17)24(20)5-2;1-2-23-18-11-15(24-10-9-20)7-8-16(18)17(12-21)19(23)13-3-5-14(22)6-4-13;1-4-23-18-11-15(26-3)8-9-16(18)17(12-20)19(23)13-6-5-7-14(10-13)22-27(24,25)21-2/h6-11,18H,3-5,12-17H2,1-2H3,(H,29,32);6-12,14,23-24H,5H2,1-4H3;6-12,22-23H,4-5H2,1-3H3;3-8,11H,2,9-10,22H2,1H3;5-11,21-22H,4H2,1-3H3. The molecule has 0 aliphatic carbocycles. The van der Waals surface area contributed by atoms with E-state index in [0.29, 0.717) is 132 Å². The van der Waals surface area contributed by atoms with E-state index in [-0.39, 0.29) is 12.6 Å².